The van der Waals surface area contributed by atoms with E-state index in [1.54, 1.807) is 55.6 Å². The second kappa shape index (κ2) is 8.39. The third-order valence-corrected chi connectivity index (χ3v) is 4.61. The van der Waals surface area contributed by atoms with Crippen molar-refractivity contribution in [2.24, 2.45) is 0 Å². The molecule has 144 valence electrons. The molecule has 3 rings (SSSR count). The number of halogens is 3. The van der Waals surface area contributed by atoms with E-state index in [1.807, 2.05) is 0 Å². The molecule has 0 bridgehead atoms. The number of alkyl halides is 3. The molecule has 0 fully saturated rings. The zero-order valence-corrected chi connectivity index (χ0v) is 15.5. The summed E-state index contributed by atoms with van der Waals surface area (Å²) in [5, 5.41) is 1.81. The monoisotopic (exact) mass is 404 g/mol. The Balaban J connectivity index is 1.85. The molecule has 3 aromatic rings. The number of thioether (sulfide) groups is 1. The van der Waals surface area contributed by atoms with Gasteiger partial charge in [-0.25, -0.2) is 9.97 Å². The third-order valence-electron chi connectivity index (χ3n) is 3.65. The first-order valence-corrected chi connectivity index (χ1v) is 9.10. The Hall–Kier alpha value is -2.94. The molecule has 1 aromatic carbocycles. The molecule has 28 heavy (non-hydrogen) atoms. The van der Waals surface area contributed by atoms with Crippen molar-refractivity contribution in [1.29, 1.82) is 0 Å². The molecule has 0 aliphatic carbocycles. The predicted molar refractivity (Wildman–Crippen MR) is 101 cm³/mol. The minimum atomic E-state index is -4.62. The number of pyridine rings is 1. The summed E-state index contributed by atoms with van der Waals surface area (Å²) in [7, 11) is 0. The molecule has 0 radical (unpaired) electrons. The lowest BCUT2D eigenvalue weighted by molar-refractivity contribution is -0.141. The first kappa shape index (κ1) is 19.8. The normalized spacial score (nSPS) is 12.4. The van der Waals surface area contributed by atoms with Crippen molar-refractivity contribution in [1.82, 2.24) is 15.0 Å². The molecule has 0 aliphatic rings. The Morgan fingerprint density at radius 1 is 1.11 bits per heavy atom. The fraction of sp³-hybridized carbons (Fsp3) is 0.158. The van der Waals surface area contributed by atoms with E-state index in [-0.39, 0.29) is 16.8 Å². The summed E-state index contributed by atoms with van der Waals surface area (Å²) in [6.07, 6.45) is -1.58. The summed E-state index contributed by atoms with van der Waals surface area (Å²) in [5.74, 6) is -0.389. The number of rotatable bonds is 5. The Labute approximate surface area is 163 Å². The lowest BCUT2D eigenvalue weighted by Crippen LogP contribution is -2.23. The second-order valence-electron chi connectivity index (χ2n) is 5.78. The van der Waals surface area contributed by atoms with Crippen LogP contribution in [0.15, 0.2) is 66.1 Å². The number of anilines is 1. The van der Waals surface area contributed by atoms with Gasteiger partial charge in [-0.15, -0.1) is 0 Å². The van der Waals surface area contributed by atoms with Crippen LogP contribution < -0.4 is 5.32 Å². The maximum atomic E-state index is 13.3. The van der Waals surface area contributed by atoms with Crippen molar-refractivity contribution in [3.05, 3.63) is 66.6 Å². The van der Waals surface area contributed by atoms with E-state index in [9.17, 15) is 18.0 Å². The van der Waals surface area contributed by atoms with Crippen molar-refractivity contribution in [3.63, 3.8) is 0 Å². The predicted octanol–water partition coefficient (Wildman–Crippen LogP) is 4.68. The molecule has 5 nitrogen and oxygen atoms in total. The van der Waals surface area contributed by atoms with E-state index in [1.165, 1.54) is 6.20 Å². The van der Waals surface area contributed by atoms with Crippen molar-refractivity contribution in [3.8, 4) is 11.3 Å². The van der Waals surface area contributed by atoms with E-state index in [0.29, 0.717) is 11.3 Å². The summed E-state index contributed by atoms with van der Waals surface area (Å²) >= 11 is 0.855. The smallest absolute Gasteiger partial charge is 0.324 e. The number of carbonyl (C=O) groups excluding carboxylic acids is 1. The molecule has 0 saturated carbocycles. The summed E-state index contributed by atoms with van der Waals surface area (Å²) in [6, 6.07) is 12.7. The molecule has 1 atom stereocenters. The van der Waals surface area contributed by atoms with Gasteiger partial charge in [0.15, 0.2) is 5.16 Å². The van der Waals surface area contributed by atoms with Crippen LogP contribution in [0.5, 0.6) is 0 Å². The molecule has 9 heteroatoms. The standard InChI is InChI=1S/C19H15F3N4OS/c1-12(17(27)24-14-8-5-9-23-11-14)28-18-25-15(13-6-3-2-4-7-13)10-16(26-18)19(20,21)22/h2-12H,1H3,(H,24,27)/t12-/m0/s1. The SMILES string of the molecule is C[C@H](Sc1nc(-c2ccccc2)cc(C(F)(F)F)n1)C(=O)Nc1cccnc1. The van der Waals surface area contributed by atoms with Crippen LogP contribution in [0.1, 0.15) is 12.6 Å². The molecule has 2 aromatic heterocycles. The molecule has 0 saturated heterocycles. The minimum Gasteiger partial charge on any atom is -0.324 e. The van der Waals surface area contributed by atoms with Gasteiger partial charge in [0.1, 0.15) is 5.69 Å². The van der Waals surface area contributed by atoms with Gasteiger partial charge in [0.2, 0.25) is 5.91 Å². The van der Waals surface area contributed by atoms with Gasteiger partial charge in [-0.2, -0.15) is 13.2 Å². The fourth-order valence-electron chi connectivity index (χ4n) is 2.27. The number of nitrogens with zero attached hydrogens (tertiary/aromatic N) is 3. The number of hydrogen-bond donors (Lipinski definition) is 1. The maximum absolute atomic E-state index is 13.3. The summed E-state index contributed by atoms with van der Waals surface area (Å²) in [5.41, 5.74) is 0.119. The number of benzene rings is 1. The van der Waals surface area contributed by atoms with Gasteiger partial charge in [0, 0.05) is 11.8 Å². The van der Waals surface area contributed by atoms with Gasteiger partial charge < -0.3 is 5.32 Å². The van der Waals surface area contributed by atoms with Crippen molar-refractivity contribution in [2.45, 2.75) is 23.5 Å². The molecule has 0 spiro atoms. The number of amides is 1. The lowest BCUT2D eigenvalue weighted by Gasteiger charge is -2.13. The minimum absolute atomic E-state index is 0.123. The Morgan fingerprint density at radius 3 is 2.50 bits per heavy atom. The van der Waals surface area contributed by atoms with Crippen molar-refractivity contribution >= 4 is 23.4 Å². The lowest BCUT2D eigenvalue weighted by atomic mass is 10.1. The van der Waals surface area contributed by atoms with Crippen LogP contribution in [-0.4, -0.2) is 26.1 Å². The zero-order chi connectivity index (χ0) is 20.1. The highest BCUT2D eigenvalue weighted by atomic mass is 32.2. The summed E-state index contributed by atoms with van der Waals surface area (Å²) < 4.78 is 39.8. The van der Waals surface area contributed by atoms with Gasteiger partial charge in [0.05, 0.1) is 22.8 Å². The van der Waals surface area contributed by atoms with Crippen molar-refractivity contribution in [2.75, 3.05) is 5.32 Å². The molecular formula is C19H15F3N4OS. The first-order chi connectivity index (χ1) is 13.3. The van der Waals surface area contributed by atoms with E-state index in [2.05, 4.69) is 20.3 Å². The fourth-order valence-corrected chi connectivity index (χ4v) is 3.06. The highest BCUT2D eigenvalue weighted by Gasteiger charge is 2.34. The zero-order valence-electron chi connectivity index (χ0n) is 14.6. The van der Waals surface area contributed by atoms with Gasteiger partial charge in [-0.3, -0.25) is 9.78 Å². The Kier molecular flexibility index (Phi) is 5.93. The highest BCUT2D eigenvalue weighted by Crippen LogP contribution is 2.33. The second-order valence-corrected chi connectivity index (χ2v) is 7.08. The molecule has 0 unspecified atom stereocenters. The molecule has 2 heterocycles. The van der Waals surface area contributed by atoms with E-state index in [4.69, 9.17) is 0 Å². The van der Waals surface area contributed by atoms with Crippen LogP contribution in [0.4, 0.5) is 18.9 Å². The van der Waals surface area contributed by atoms with Crippen molar-refractivity contribution < 1.29 is 18.0 Å². The average molecular weight is 404 g/mol. The third kappa shape index (κ3) is 5.07. The quantitative estimate of drug-likeness (QED) is 0.494. The van der Waals surface area contributed by atoms with Crippen LogP contribution >= 0.6 is 11.8 Å². The topological polar surface area (TPSA) is 67.8 Å². The van der Waals surface area contributed by atoms with Gasteiger partial charge in [-0.05, 0) is 25.1 Å². The first-order valence-electron chi connectivity index (χ1n) is 8.22. The molecule has 1 N–H and O–H groups in total. The number of hydrogen-bond acceptors (Lipinski definition) is 5. The molecule has 0 aliphatic heterocycles. The van der Waals surface area contributed by atoms with E-state index < -0.39 is 17.1 Å². The van der Waals surface area contributed by atoms with Crippen LogP contribution in [0.2, 0.25) is 0 Å². The maximum Gasteiger partial charge on any atom is 0.433 e. The van der Waals surface area contributed by atoms with Crippen LogP contribution in [-0.2, 0) is 11.0 Å². The number of aromatic nitrogens is 3. The summed E-state index contributed by atoms with van der Waals surface area (Å²) in [4.78, 5) is 24.0. The highest BCUT2D eigenvalue weighted by molar-refractivity contribution is 8.00. The Morgan fingerprint density at radius 2 is 1.86 bits per heavy atom. The van der Waals surface area contributed by atoms with E-state index >= 15 is 0 Å². The van der Waals surface area contributed by atoms with Crippen LogP contribution in [0, 0.1) is 0 Å². The van der Waals surface area contributed by atoms with E-state index in [0.717, 1.165) is 17.8 Å². The van der Waals surface area contributed by atoms with Crippen LogP contribution in [0.3, 0.4) is 0 Å². The molecule has 1 amide bonds. The number of nitrogens with one attached hydrogen (secondary N) is 1. The number of carbonyl (C=O) groups is 1. The van der Waals surface area contributed by atoms with Gasteiger partial charge in [-0.1, -0.05) is 42.1 Å². The van der Waals surface area contributed by atoms with Gasteiger partial charge >= 0.3 is 6.18 Å². The Bertz CT molecular complexity index is 952. The largest absolute Gasteiger partial charge is 0.433 e. The average Bonchev–Trinajstić information content (AvgIpc) is 2.68. The van der Waals surface area contributed by atoms with Crippen LogP contribution in [0.25, 0.3) is 11.3 Å². The molecular weight excluding hydrogens is 389 g/mol. The summed E-state index contributed by atoms with van der Waals surface area (Å²) in [6.45, 7) is 1.57. The van der Waals surface area contributed by atoms with Gasteiger partial charge in [0.25, 0.3) is 0 Å².